The lowest BCUT2D eigenvalue weighted by Gasteiger charge is -2.14. The van der Waals surface area contributed by atoms with Gasteiger partial charge in [-0.15, -0.1) is 0 Å². The van der Waals surface area contributed by atoms with Crippen LogP contribution < -0.4 is 4.74 Å². The molecule has 3 aromatic rings. The molecule has 2 aromatic heterocycles. The number of carbonyl (C=O) groups is 1. The highest BCUT2D eigenvalue weighted by molar-refractivity contribution is 5.86. The van der Waals surface area contributed by atoms with Gasteiger partial charge < -0.3 is 4.74 Å². The minimum atomic E-state index is -0.614. The van der Waals surface area contributed by atoms with Gasteiger partial charge in [-0.1, -0.05) is 18.2 Å². The van der Waals surface area contributed by atoms with E-state index in [1.165, 1.54) is 10.9 Å². The van der Waals surface area contributed by atoms with E-state index in [1.807, 2.05) is 30.3 Å². The van der Waals surface area contributed by atoms with Crippen molar-refractivity contribution in [2.45, 2.75) is 13.0 Å². The largest absolute Gasteiger partial charge is 0.479 e. The Hall–Kier alpha value is -2.69. The minimum Gasteiger partial charge on any atom is -0.479 e. The topological polar surface area (TPSA) is 57.0 Å². The lowest BCUT2D eigenvalue weighted by molar-refractivity contribution is 0.0729. The van der Waals surface area contributed by atoms with Crippen molar-refractivity contribution in [3.63, 3.8) is 0 Å². The first-order valence-electron chi connectivity index (χ1n) is 6.28. The second kappa shape index (κ2) is 5.13. The summed E-state index contributed by atoms with van der Waals surface area (Å²) in [6.07, 6.45) is 5.71. The molecule has 0 spiro atoms. The van der Waals surface area contributed by atoms with Crippen LogP contribution >= 0.6 is 0 Å². The zero-order valence-corrected chi connectivity index (χ0v) is 10.9. The summed E-state index contributed by atoms with van der Waals surface area (Å²) in [7, 11) is 0. The number of ether oxygens (including phenoxy) is 1. The second-order valence-electron chi connectivity index (χ2n) is 4.40. The SMILES string of the molecule is CC(Oc1cccc2cccnc12)C(=O)n1ccnc1. The highest BCUT2D eigenvalue weighted by atomic mass is 16.5. The lowest BCUT2D eigenvalue weighted by atomic mass is 10.2. The molecule has 100 valence electrons. The Morgan fingerprint density at radius 3 is 2.90 bits per heavy atom. The van der Waals surface area contributed by atoms with Crippen LogP contribution in [0, 0.1) is 0 Å². The molecule has 3 rings (SSSR count). The normalized spacial score (nSPS) is 12.2. The van der Waals surface area contributed by atoms with Crippen LogP contribution in [-0.4, -0.2) is 26.5 Å². The Balaban J connectivity index is 1.88. The van der Waals surface area contributed by atoms with Crippen LogP contribution in [-0.2, 0) is 0 Å². The summed E-state index contributed by atoms with van der Waals surface area (Å²) in [5.41, 5.74) is 0.750. The molecule has 2 heterocycles. The molecule has 0 amide bonds. The zero-order valence-electron chi connectivity index (χ0n) is 10.9. The monoisotopic (exact) mass is 267 g/mol. The Labute approximate surface area is 115 Å². The number of pyridine rings is 1. The summed E-state index contributed by atoms with van der Waals surface area (Å²) >= 11 is 0. The standard InChI is InChI=1S/C15H13N3O2/c1-11(15(19)18-9-8-16-10-18)20-13-6-2-4-12-5-3-7-17-14(12)13/h2-11H,1H3. The fraction of sp³-hybridized carbons (Fsp3) is 0.133. The van der Waals surface area contributed by atoms with E-state index in [-0.39, 0.29) is 5.91 Å². The van der Waals surface area contributed by atoms with Gasteiger partial charge in [-0.25, -0.2) is 4.98 Å². The molecular weight excluding hydrogens is 254 g/mol. The van der Waals surface area contributed by atoms with Gasteiger partial charge in [-0.2, -0.15) is 0 Å². The number of para-hydroxylation sites is 1. The maximum atomic E-state index is 12.1. The van der Waals surface area contributed by atoms with Gasteiger partial charge >= 0.3 is 0 Å². The average Bonchev–Trinajstić information content (AvgIpc) is 3.01. The number of hydrogen-bond donors (Lipinski definition) is 0. The number of aromatic nitrogens is 3. The number of rotatable bonds is 3. The molecule has 5 nitrogen and oxygen atoms in total. The quantitative estimate of drug-likeness (QED) is 0.731. The van der Waals surface area contributed by atoms with E-state index in [9.17, 15) is 4.79 Å². The molecule has 1 unspecified atom stereocenters. The van der Waals surface area contributed by atoms with E-state index in [0.717, 1.165) is 10.9 Å². The van der Waals surface area contributed by atoms with E-state index in [4.69, 9.17) is 4.74 Å². The van der Waals surface area contributed by atoms with Crippen molar-refractivity contribution in [3.8, 4) is 5.75 Å². The van der Waals surface area contributed by atoms with Gasteiger partial charge in [-0.3, -0.25) is 14.3 Å². The third-order valence-corrected chi connectivity index (χ3v) is 3.01. The van der Waals surface area contributed by atoms with Crippen molar-refractivity contribution in [1.29, 1.82) is 0 Å². The van der Waals surface area contributed by atoms with E-state index >= 15 is 0 Å². The molecule has 0 radical (unpaired) electrons. The molecule has 0 fully saturated rings. The molecular formula is C15H13N3O2. The number of nitrogens with zero attached hydrogens (tertiary/aromatic N) is 3. The van der Waals surface area contributed by atoms with E-state index < -0.39 is 6.10 Å². The number of hydrogen-bond acceptors (Lipinski definition) is 4. The van der Waals surface area contributed by atoms with E-state index in [0.29, 0.717) is 5.75 Å². The highest BCUT2D eigenvalue weighted by Crippen LogP contribution is 2.24. The minimum absolute atomic E-state index is 0.171. The molecule has 0 saturated carbocycles. The molecule has 0 aliphatic carbocycles. The Bertz CT molecular complexity index is 732. The first kappa shape index (κ1) is 12.3. The summed E-state index contributed by atoms with van der Waals surface area (Å²) in [5.74, 6) is 0.430. The first-order valence-corrected chi connectivity index (χ1v) is 6.28. The predicted molar refractivity (Wildman–Crippen MR) is 74.7 cm³/mol. The van der Waals surface area contributed by atoms with Gasteiger partial charge in [0.1, 0.15) is 17.6 Å². The van der Waals surface area contributed by atoms with Crippen molar-refractivity contribution < 1.29 is 9.53 Å². The van der Waals surface area contributed by atoms with Gasteiger partial charge in [0.25, 0.3) is 5.91 Å². The van der Waals surface area contributed by atoms with Crippen molar-refractivity contribution in [2.75, 3.05) is 0 Å². The highest BCUT2D eigenvalue weighted by Gasteiger charge is 2.17. The predicted octanol–water partition coefficient (Wildman–Crippen LogP) is 2.54. The van der Waals surface area contributed by atoms with Crippen LogP contribution in [0.3, 0.4) is 0 Å². The van der Waals surface area contributed by atoms with E-state index in [1.54, 1.807) is 25.5 Å². The lowest BCUT2D eigenvalue weighted by Crippen LogP contribution is -2.28. The zero-order chi connectivity index (χ0) is 13.9. The average molecular weight is 267 g/mol. The Kier molecular flexibility index (Phi) is 3.16. The number of imidazole rings is 1. The molecule has 0 saturated heterocycles. The molecule has 0 aliphatic rings. The van der Waals surface area contributed by atoms with Crippen molar-refractivity contribution >= 4 is 16.8 Å². The molecule has 1 atom stereocenters. The van der Waals surface area contributed by atoms with Gasteiger partial charge in [0.2, 0.25) is 0 Å². The molecule has 0 aliphatic heterocycles. The number of fused-ring (bicyclic) bond motifs is 1. The molecule has 20 heavy (non-hydrogen) atoms. The summed E-state index contributed by atoms with van der Waals surface area (Å²) in [6, 6.07) is 9.47. The second-order valence-corrected chi connectivity index (χ2v) is 4.40. The van der Waals surface area contributed by atoms with Crippen LogP contribution in [0.5, 0.6) is 5.75 Å². The number of carbonyl (C=O) groups excluding carboxylic acids is 1. The van der Waals surface area contributed by atoms with Crippen LogP contribution in [0.25, 0.3) is 10.9 Å². The van der Waals surface area contributed by atoms with Crippen molar-refractivity contribution in [1.82, 2.24) is 14.5 Å². The molecule has 0 bridgehead atoms. The Morgan fingerprint density at radius 2 is 2.10 bits per heavy atom. The summed E-state index contributed by atoms with van der Waals surface area (Å²) in [6.45, 7) is 1.71. The third-order valence-electron chi connectivity index (χ3n) is 3.01. The smallest absolute Gasteiger partial charge is 0.272 e. The fourth-order valence-electron chi connectivity index (χ4n) is 2.01. The third kappa shape index (κ3) is 2.25. The fourth-order valence-corrected chi connectivity index (χ4v) is 2.01. The summed E-state index contributed by atoms with van der Waals surface area (Å²) < 4.78 is 7.16. The summed E-state index contributed by atoms with van der Waals surface area (Å²) in [5, 5.41) is 0.979. The first-order chi connectivity index (χ1) is 9.75. The van der Waals surface area contributed by atoms with Crippen LogP contribution in [0.15, 0.2) is 55.2 Å². The summed E-state index contributed by atoms with van der Waals surface area (Å²) in [4.78, 5) is 20.3. The van der Waals surface area contributed by atoms with Crippen LogP contribution in [0.1, 0.15) is 11.7 Å². The molecule has 5 heteroatoms. The van der Waals surface area contributed by atoms with Crippen molar-refractivity contribution in [2.24, 2.45) is 0 Å². The van der Waals surface area contributed by atoms with Gasteiger partial charge in [0, 0.05) is 24.0 Å². The van der Waals surface area contributed by atoms with Gasteiger partial charge in [0.15, 0.2) is 6.10 Å². The van der Waals surface area contributed by atoms with Crippen molar-refractivity contribution in [3.05, 3.63) is 55.2 Å². The van der Waals surface area contributed by atoms with Crippen LogP contribution in [0.2, 0.25) is 0 Å². The maximum absolute atomic E-state index is 12.1. The van der Waals surface area contributed by atoms with E-state index in [2.05, 4.69) is 9.97 Å². The Morgan fingerprint density at radius 1 is 1.25 bits per heavy atom. The number of benzene rings is 1. The van der Waals surface area contributed by atoms with Crippen LogP contribution in [0.4, 0.5) is 0 Å². The van der Waals surface area contributed by atoms with Gasteiger partial charge in [-0.05, 0) is 19.1 Å². The maximum Gasteiger partial charge on any atom is 0.272 e. The molecule has 1 aromatic carbocycles. The van der Waals surface area contributed by atoms with Gasteiger partial charge in [0.05, 0.1) is 0 Å². The molecule has 0 N–H and O–H groups in total.